The number of carbonyl (C=O) groups excluding carboxylic acids is 2. The first-order chi connectivity index (χ1) is 31.1. The zero-order chi connectivity index (χ0) is 46.9. The number of aromatic nitrogens is 11. The van der Waals surface area contributed by atoms with Crippen molar-refractivity contribution in [3.05, 3.63) is 81.4 Å². The molecule has 28 nitrogen and oxygen atoms in total. The fraction of sp³-hybridized carbons (Fsp3) is 0.108. The van der Waals surface area contributed by atoms with Crippen molar-refractivity contribution in [1.29, 1.82) is 10.5 Å². The van der Waals surface area contributed by atoms with E-state index in [4.69, 9.17) is 20.9 Å². The second-order valence-electron chi connectivity index (χ2n) is 13.2. The van der Waals surface area contributed by atoms with Gasteiger partial charge in [0.1, 0.15) is 34.8 Å². The molecule has 7 N–H and O–H groups in total. The highest BCUT2D eigenvalue weighted by molar-refractivity contribution is 5.90. The molecule has 0 radical (unpaired) electrons. The van der Waals surface area contributed by atoms with Crippen molar-refractivity contribution < 1.29 is 44.0 Å². The Morgan fingerprint density at radius 1 is 0.615 bits per heavy atom. The number of aryl methyl sites for hydroxylation is 4. The van der Waals surface area contributed by atoms with Gasteiger partial charge >= 0.3 is 17.9 Å². The minimum atomic E-state index is -1.34. The van der Waals surface area contributed by atoms with Crippen molar-refractivity contribution >= 4 is 59.5 Å². The van der Waals surface area contributed by atoms with Gasteiger partial charge in [-0.05, 0) is 52.0 Å². The molecule has 0 saturated heterocycles. The van der Waals surface area contributed by atoms with Crippen LogP contribution >= 0.6 is 0 Å². The monoisotopic (exact) mass is 881 g/mol. The van der Waals surface area contributed by atoms with Crippen LogP contribution in [0.1, 0.15) is 54.6 Å². The molecular formula is C37H27N19O9. The molecule has 0 aliphatic rings. The number of aromatic hydroxyl groups is 1. The van der Waals surface area contributed by atoms with Gasteiger partial charge in [-0.2, -0.15) is 55.2 Å². The Kier molecular flexibility index (Phi) is 11.2. The van der Waals surface area contributed by atoms with Crippen LogP contribution in [0.25, 0.3) is 23.3 Å². The van der Waals surface area contributed by atoms with Crippen molar-refractivity contribution in [2.24, 2.45) is 20.5 Å². The first-order valence-corrected chi connectivity index (χ1v) is 18.0. The van der Waals surface area contributed by atoms with Gasteiger partial charge in [0.25, 0.3) is 24.8 Å². The number of carboxylic acid groups (broad SMARTS) is 2. The number of hydrogen-bond donors (Lipinski definition) is 5. The maximum absolute atomic E-state index is 11.8. The van der Waals surface area contributed by atoms with Gasteiger partial charge in [0.2, 0.25) is 0 Å². The predicted octanol–water partition coefficient (Wildman–Crippen LogP) is 3.76. The van der Waals surface area contributed by atoms with Gasteiger partial charge in [-0.1, -0.05) is 0 Å². The summed E-state index contributed by atoms with van der Waals surface area (Å²) in [4.78, 5) is 58.0. The Labute approximate surface area is 361 Å². The van der Waals surface area contributed by atoms with Crippen LogP contribution in [0.15, 0.2) is 56.9 Å². The third-order valence-corrected chi connectivity index (χ3v) is 9.03. The van der Waals surface area contributed by atoms with E-state index >= 15 is 0 Å². The van der Waals surface area contributed by atoms with Crippen molar-refractivity contribution in [2.75, 3.05) is 11.5 Å². The summed E-state index contributed by atoms with van der Waals surface area (Å²) in [6.07, 6.45) is 0. The first-order valence-electron chi connectivity index (χ1n) is 18.0. The van der Waals surface area contributed by atoms with Crippen LogP contribution in [0.4, 0.5) is 34.6 Å². The third-order valence-electron chi connectivity index (χ3n) is 9.03. The molecular weight excluding hydrogens is 855 g/mol. The van der Waals surface area contributed by atoms with Gasteiger partial charge < -0.3 is 36.3 Å². The Morgan fingerprint density at radius 2 is 1.00 bits per heavy atom. The second-order valence-corrected chi connectivity index (χ2v) is 13.2. The lowest BCUT2D eigenvalue weighted by Crippen LogP contribution is -2.13. The van der Waals surface area contributed by atoms with Crippen LogP contribution in [0, 0.1) is 50.4 Å². The molecule has 0 amide bonds. The number of ether oxygens (including phenoxy) is 2. The summed E-state index contributed by atoms with van der Waals surface area (Å²) in [5.74, 6) is -4.36. The highest BCUT2D eigenvalue weighted by atomic mass is 16.5. The minimum Gasteiger partial charge on any atom is -0.479 e. The quantitative estimate of drug-likeness (QED) is 0.0766. The number of azo groups is 2. The summed E-state index contributed by atoms with van der Waals surface area (Å²) in [5.41, 5.74) is 13.1. The number of nitrogens with zero attached hydrogens (tertiary/aromatic N) is 17. The topological polar surface area (TPSA) is 406 Å². The van der Waals surface area contributed by atoms with Crippen LogP contribution in [0.5, 0.6) is 17.5 Å². The average molecular weight is 882 g/mol. The van der Waals surface area contributed by atoms with Gasteiger partial charge in [0, 0.05) is 12.1 Å². The summed E-state index contributed by atoms with van der Waals surface area (Å²) in [5, 5.41) is 84.0. The van der Waals surface area contributed by atoms with Crippen LogP contribution < -0.4 is 20.9 Å². The molecule has 28 heteroatoms. The Bertz CT molecular complexity index is 3080. The third kappa shape index (κ3) is 8.05. The molecule has 0 saturated carbocycles. The van der Waals surface area contributed by atoms with Crippen LogP contribution in [-0.2, 0) is 9.59 Å². The maximum Gasteiger partial charge on any atom is 0.335 e. The molecule has 7 aromatic rings. The Hall–Kier alpha value is -10.3. The van der Waals surface area contributed by atoms with E-state index in [0.29, 0.717) is 0 Å². The lowest BCUT2D eigenvalue weighted by molar-refractivity contribution is -0.121. The number of aromatic carboxylic acids is 2. The van der Waals surface area contributed by atoms with Gasteiger partial charge in [0.05, 0.1) is 45.3 Å². The van der Waals surface area contributed by atoms with E-state index in [1.165, 1.54) is 52.0 Å². The van der Waals surface area contributed by atoms with Gasteiger partial charge in [-0.25, -0.2) is 19.0 Å². The van der Waals surface area contributed by atoms with Gasteiger partial charge in [-0.3, -0.25) is 9.59 Å². The summed E-state index contributed by atoms with van der Waals surface area (Å²) in [7, 11) is 0. The molecule has 2 aromatic carbocycles. The molecule has 324 valence electrons. The van der Waals surface area contributed by atoms with Crippen LogP contribution in [0.3, 0.4) is 0 Å². The standard InChI is InChI=1S/C37H27N19O9/c1-15-25(11-38)31(53(49-15)21-5-19(33(59)60)7-23(9-21)64-13-57)47-45-27-17(3)51-55(29(27)40)35-42-36(44-37(63)43-35)56-30(41)28(18(4)52-56)46-48-32-26(12-39)16(2)50-54(32)22-6-20(34(61)62)8-24(10-22)65-14-58/h5-10,13-14H,40-41H2,1-4H3,(H,59,60)(H,61,62)(H,42,43,44,63). The number of benzene rings is 2. The molecule has 0 spiro atoms. The lowest BCUT2D eigenvalue weighted by Gasteiger charge is -2.08. The fourth-order valence-electron chi connectivity index (χ4n) is 6.10. The molecule has 5 aromatic heterocycles. The van der Waals surface area contributed by atoms with E-state index in [9.17, 15) is 45.0 Å². The molecule has 0 aliphatic carbocycles. The predicted molar refractivity (Wildman–Crippen MR) is 216 cm³/mol. The molecule has 0 atom stereocenters. The van der Waals surface area contributed by atoms with E-state index in [1.807, 2.05) is 12.1 Å². The summed E-state index contributed by atoms with van der Waals surface area (Å²) in [6.45, 7) is 6.26. The van der Waals surface area contributed by atoms with E-state index in [1.54, 1.807) is 0 Å². The van der Waals surface area contributed by atoms with Crippen molar-refractivity contribution in [1.82, 2.24) is 54.1 Å². The molecule has 0 unspecified atom stereocenters. The van der Waals surface area contributed by atoms with E-state index in [-0.39, 0.29) is 127 Å². The summed E-state index contributed by atoms with van der Waals surface area (Å²) in [6, 6.07) is 10.4. The number of nitrogens with two attached hydrogens (primary N) is 2. The number of carboxylic acids is 2. The number of anilines is 2. The zero-order valence-electron chi connectivity index (χ0n) is 33.7. The molecule has 65 heavy (non-hydrogen) atoms. The number of hydrogen-bond acceptors (Lipinski definition) is 22. The smallest absolute Gasteiger partial charge is 0.335 e. The van der Waals surface area contributed by atoms with Crippen LogP contribution in [-0.4, -0.2) is 94.3 Å². The van der Waals surface area contributed by atoms with Crippen molar-refractivity contribution in [3.63, 3.8) is 0 Å². The Morgan fingerprint density at radius 3 is 1.35 bits per heavy atom. The van der Waals surface area contributed by atoms with E-state index in [0.717, 1.165) is 30.9 Å². The molecule has 7 rings (SSSR count). The number of rotatable bonds is 14. The first kappa shape index (κ1) is 42.9. The summed E-state index contributed by atoms with van der Waals surface area (Å²) >= 11 is 0. The van der Waals surface area contributed by atoms with E-state index in [2.05, 4.69) is 55.8 Å². The van der Waals surface area contributed by atoms with Crippen LogP contribution in [0.2, 0.25) is 0 Å². The second kappa shape index (κ2) is 17.0. The zero-order valence-corrected chi connectivity index (χ0v) is 33.7. The fourth-order valence-corrected chi connectivity index (χ4v) is 6.10. The SMILES string of the molecule is Cc1nn(-c2cc(OC=O)cc(C(=O)O)c2)c(N=Nc2c(C)nn(-c3nc(O)nc(-n4nc(C)c(N=Nc5c(C#N)c(C)nn5-c5cc(OC=O)cc(C(=O)O)c5)c4N)n3)c2N)c1C#N. The molecule has 0 aliphatic heterocycles. The van der Waals surface area contributed by atoms with Gasteiger partial charge in [-0.15, -0.1) is 20.5 Å². The maximum atomic E-state index is 11.8. The number of nitriles is 2. The van der Waals surface area contributed by atoms with E-state index < -0.39 is 17.9 Å². The molecule has 5 heterocycles. The summed E-state index contributed by atoms with van der Waals surface area (Å²) < 4.78 is 14.0. The highest BCUT2D eigenvalue weighted by Gasteiger charge is 2.25. The van der Waals surface area contributed by atoms with Crippen molar-refractivity contribution in [3.8, 4) is 52.9 Å². The largest absolute Gasteiger partial charge is 0.479 e. The highest BCUT2D eigenvalue weighted by Crippen LogP contribution is 2.36. The van der Waals surface area contributed by atoms with Crippen molar-refractivity contribution in [2.45, 2.75) is 27.7 Å². The molecule has 0 bridgehead atoms. The normalized spacial score (nSPS) is 11.2. The number of nitrogen functional groups attached to an aromatic ring is 2. The van der Waals surface area contributed by atoms with Gasteiger partial charge in [0.15, 0.2) is 34.6 Å². The Balaban J connectivity index is 1.25. The lowest BCUT2D eigenvalue weighted by atomic mass is 10.2. The molecule has 0 fully saturated rings. The number of carbonyl (C=O) groups is 4. The minimum absolute atomic E-state index is 0.0365. The average Bonchev–Trinajstić information content (AvgIpc) is 3.96.